The Labute approximate surface area is 218 Å². The highest BCUT2D eigenvalue weighted by atomic mass is 32.1. The van der Waals surface area contributed by atoms with Crippen molar-refractivity contribution >= 4 is 44.1 Å². The zero-order valence-electron chi connectivity index (χ0n) is 20.7. The average molecular weight is 515 g/mol. The van der Waals surface area contributed by atoms with Gasteiger partial charge in [-0.15, -0.1) is 0 Å². The third kappa shape index (κ3) is 4.56. The van der Waals surface area contributed by atoms with Crippen molar-refractivity contribution in [3.05, 3.63) is 89.0 Å². The lowest BCUT2D eigenvalue weighted by atomic mass is 9.95. The molecule has 0 spiro atoms. The standard InChI is InChI=1S/C29H26N2O5S/c1-4-14-36-21-7-5-6-19(15-21)26(32)24-25(18-10-8-17(2)9-11-18)31(28(34)27(24)33)29-30-22-13-12-20(35-3)16-23(22)37-29/h5-13,15-16,25,32H,4,14H2,1-3H3. The Bertz CT molecular complexity index is 1520. The monoisotopic (exact) mass is 514 g/mol. The van der Waals surface area contributed by atoms with E-state index in [1.807, 2.05) is 50.2 Å². The maximum atomic E-state index is 13.5. The summed E-state index contributed by atoms with van der Waals surface area (Å²) < 4.78 is 11.9. The van der Waals surface area contributed by atoms with Crippen molar-refractivity contribution in [3.8, 4) is 11.5 Å². The second kappa shape index (κ2) is 10.1. The largest absolute Gasteiger partial charge is 0.507 e. The lowest BCUT2D eigenvalue weighted by Gasteiger charge is -2.23. The second-order valence-corrected chi connectivity index (χ2v) is 9.80. The van der Waals surface area contributed by atoms with Crippen LogP contribution >= 0.6 is 11.3 Å². The van der Waals surface area contributed by atoms with Crippen LogP contribution in [0.2, 0.25) is 0 Å². The second-order valence-electron chi connectivity index (χ2n) is 8.79. The molecule has 0 aliphatic carbocycles. The van der Waals surface area contributed by atoms with E-state index in [1.165, 1.54) is 16.2 Å². The van der Waals surface area contributed by atoms with E-state index in [1.54, 1.807) is 37.4 Å². The number of thiazole rings is 1. The molecule has 1 saturated heterocycles. The summed E-state index contributed by atoms with van der Waals surface area (Å²) in [6.45, 7) is 4.49. The van der Waals surface area contributed by atoms with Gasteiger partial charge in [0, 0.05) is 5.56 Å². The average Bonchev–Trinajstić information content (AvgIpc) is 3.45. The van der Waals surface area contributed by atoms with Crippen LogP contribution in [0.3, 0.4) is 0 Å². The number of aromatic nitrogens is 1. The molecule has 4 aromatic rings. The molecule has 0 bridgehead atoms. The van der Waals surface area contributed by atoms with Gasteiger partial charge in [0.05, 0.1) is 35.5 Å². The van der Waals surface area contributed by atoms with Crippen molar-refractivity contribution in [1.29, 1.82) is 0 Å². The van der Waals surface area contributed by atoms with Crippen molar-refractivity contribution in [2.24, 2.45) is 0 Å². The van der Waals surface area contributed by atoms with Gasteiger partial charge in [-0.1, -0.05) is 60.2 Å². The molecule has 1 aliphatic heterocycles. The van der Waals surface area contributed by atoms with Gasteiger partial charge in [-0.3, -0.25) is 14.5 Å². The van der Waals surface area contributed by atoms with Crippen LogP contribution in [0.1, 0.15) is 36.1 Å². The Morgan fingerprint density at radius 2 is 1.84 bits per heavy atom. The van der Waals surface area contributed by atoms with E-state index in [4.69, 9.17) is 9.47 Å². The van der Waals surface area contributed by atoms with Crippen LogP contribution in [-0.4, -0.2) is 35.5 Å². The Hall–Kier alpha value is -4.17. The number of carbonyl (C=O) groups excluding carboxylic acids is 2. The molecule has 37 heavy (non-hydrogen) atoms. The highest BCUT2D eigenvalue weighted by Gasteiger charge is 2.48. The number of rotatable bonds is 7. The third-order valence-corrected chi connectivity index (χ3v) is 7.23. The van der Waals surface area contributed by atoms with E-state index in [0.717, 1.165) is 16.7 Å². The summed E-state index contributed by atoms with van der Waals surface area (Å²) in [6, 6.07) is 19.1. The van der Waals surface area contributed by atoms with Crippen molar-refractivity contribution in [1.82, 2.24) is 4.98 Å². The Morgan fingerprint density at radius 1 is 1.05 bits per heavy atom. The summed E-state index contributed by atoms with van der Waals surface area (Å²) in [5.41, 5.74) is 2.83. The first-order valence-corrected chi connectivity index (χ1v) is 12.8. The molecule has 1 aromatic heterocycles. The maximum absolute atomic E-state index is 13.5. The minimum Gasteiger partial charge on any atom is -0.507 e. The van der Waals surface area contributed by atoms with Gasteiger partial charge in [-0.2, -0.15) is 0 Å². The molecule has 1 aliphatic rings. The van der Waals surface area contributed by atoms with E-state index in [9.17, 15) is 14.7 Å². The summed E-state index contributed by atoms with van der Waals surface area (Å²) in [6.07, 6.45) is 0.836. The first kappa shape index (κ1) is 24.5. The summed E-state index contributed by atoms with van der Waals surface area (Å²) >= 11 is 1.29. The van der Waals surface area contributed by atoms with E-state index in [-0.39, 0.29) is 11.3 Å². The molecule has 1 N–H and O–H groups in total. The van der Waals surface area contributed by atoms with E-state index >= 15 is 0 Å². The van der Waals surface area contributed by atoms with Gasteiger partial charge >= 0.3 is 5.91 Å². The number of methoxy groups -OCH3 is 1. The van der Waals surface area contributed by atoms with Crippen LogP contribution in [0.4, 0.5) is 5.13 Å². The lowest BCUT2D eigenvalue weighted by Crippen LogP contribution is -2.29. The number of carbonyl (C=O) groups is 2. The van der Waals surface area contributed by atoms with Gasteiger partial charge in [0.25, 0.3) is 5.78 Å². The number of hydrogen-bond donors (Lipinski definition) is 1. The number of Topliss-reactive ketones (excluding diaryl/α,β-unsaturated/α-hetero) is 1. The normalized spacial score (nSPS) is 16.9. The molecule has 1 amide bonds. The summed E-state index contributed by atoms with van der Waals surface area (Å²) in [7, 11) is 1.58. The number of fused-ring (bicyclic) bond motifs is 1. The predicted octanol–water partition coefficient (Wildman–Crippen LogP) is 6.03. The van der Waals surface area contributed by atoms with E-state index in [2.05, 4.69) is 4.98 Å². The van der Waals surface area contributed by atoms with Gasteiger partial charge in [0.1, 0.15) is 17.3 Å². The molecule has 0 radical (unpaired) electrons. The number of benzene rings is 3. The molecule has 2 heterocycles. The highest BCUT2D eigenvalue weighted by Crippen LogP contribution is 2.44. The van der Waals surface area contributed by atoms with Gasteiger partial charge in [-0.25, -0.2) is 4.98 Å². The van der Waals surface area contributed by atoms with Crippen LogP contribution in [-0.2, 0) is 9.59 Å². The van der Waals surface area contributed by atoms with Crippen molar-refractivity contribution in [3.63, 3.8) is 0 Å². The molecule has 1 fully saturated rings. The number of hydrogen-bond acceptors (Lipinski definition) is 7. The van der Waals surface area contributed by atoms with Crippen molar-refractivity contribution in [2.75, 3.05) is 18.6 Å². The minimum atomic E-state index is -0.844. The molecular weight excluding hydrogens is 488 g/mol. The Kier molecular flexibility index (Phi) is 6.67. The number of ketones is 1. The highest BCUT2D eigenvalue weighted by molar-refractivity contribution is 7.22. The summed E-state index contributed by atoms with van der Waals surface area (Å²) in [5.74, 6) is -0.510. The lowest BCUT2D eigenvalue weighted by molar-refractivity contribution is -0.132. The van der Waals surface area contributed by atoms with Crippen molar-refractivity contribution in [2.45, 2.75) is 26.3 Å². The van der Waals surface area contributed by atoms with Gasteiger partial charge < -0.3 is 14.6 Å². The molecule has 3 aromatic carbocycles. The number of nitrogens with zero attached hydrogens (tertiary/aromatic N) is 2. The summed E-state index contributed by atoms with van der Waals surface area (Å²) in [4.78, 5) is 32.9. The maximum Gasteiger partial charge on any atom is 0.301 e. The third-order valence-electron chi connectivity index (χ3n) is 6.21. The number of aryl methyl sites for hydroxylation is 1. The number of aliphatic hydroxyl groups excluding tert-OH is 1. The van der Waals surface area contributed by atoms with Crippen LogP contribution in [0.25, 0.3) is 16.0 Å². The molecule has 7 nitrogen and oxygen atoms in total. The van der Waals surface area contributed by atoms with Crippen LogP contribution < -0.4 is 14.4 Å². The van der Waals surface area contributed by atoms with Gasteiger partial charge in [0.2, 0.25) is 0 Å². The molecular formula is C29H26N2O5S. The SMILES string of the molecule is CCCOc1cccc(C(O)=C2C(=O)C(=O)N(c3nc4ccc(OC)cc4s3)C2c2ccc(C)cc2)c1. The topological polar surface area (TPSA) is 89.0 Å². The number of aliphatic hydroxyl groups is 1. The Morgan fingerprint density at radius 3 is 2.57 bits per heavy atom. The van der Waals surface area contributed by atoms with Gasteiger partial charge in [-0.05, 0) is 49.2 Å². The van der Waals surface area contributed by atoms with E-state index < -0.39 is 17.7 Å². The molecule has 1 unspecified atom stereocenters. The summed E-state index contributed by atoms with van der Waals surface area (Å²) in [5, 5.41) is 11.8. The zero-order valence-corrected chi connectivity index (χ0v) is 21.5. The first-order chi connectivity index (χ1) is 17.9. The fraction of sp³-hybridized carbons (Fsp3) is 0.207. The van der Waals surface area contributed by atoms with Crippen LogP contribution in [0, 0.1) is 6.92 Å². The molecule has 0 saturated carbocycles. The van der Waals surface area contributed by atoms with E-state index in [0.29, 0.717) is 39.9 Å². The van der Waals surface area contributed by atoms with Gasteiger partial charge in [0.15, 0.2) is 5.13 Å². The molecule has 1 atom stereocenters. The quantitative estimate of drug-likeness (QED) is 0.184. The number of amides is 1. The fourth-order valence-corrected chi connectivity index (χ4v) is 5.35. The molecule has 8 heteroatoms. The smallest absolute Gasteiger partial charge is 0.301 e. The molecule has 5 rings (SSSR count). The first-order valence-electron chi connectivity index (χ1n) is 12.0. The zero-order chi connectivity index (χ0) is 26.1. The van der Waals surface area contributed by atoms with Crippen LogP contribution in [0.15, 0.2) is 72.3 Å². The van der Waals surface area contributed by atoms with Crippen LogP contribution in [0.5, 0.6) is 11.5 Å². The predicted molar refractivity (Wildman–Crippen MR) is 144 cm³/mol. The Balaban J connectivity index is 1.67. The number of ether oxygens (including phenoxy) is 2. The fourth-order valence-electron chi connectivity index (χ4n) is 4.33. The molecule has 188 valence electrons. The minimum absolute atomic E-state index is 0.0123. The van der Waals surface area contributed by atoms with Crippen molar-refractivity contribution < 1.29 is 24.2 Å². The number of anilines is 1.